The lowest BCUT2D eigenvalue weighted by molar-refractivity contribution is -0.141. The zero-order chi connectivity index (χ0) is 15.4. The third-order valence-corrected chi connectivity index (χ3v) is 3.99. The second kappa shape index (κ2) is 6.56. The van der Waals surface area contributed by atoms with Crippen molar-refractivity contribution in [2.75, 3.05) is 18.0 Å². The van der Waals surface area contributed by atoms with Crippen molar-refractivity contribution in [1.29, 1.82) is 0 Å². The van der Waals surface area contributed by atoms with E-state index in [2.05, 4.69) is 27.0 Å². The lowest BCUT2D eigenvalue weighted by Gasteiger charge is -2.31. The first-order chi connectivity index (χ1) is 10.7. The summed E-state index contributed by atoms with van der Waals surface area (Å²) in [6.45, 7) is 1.38. The van der Waals surface area contributed by atoms with Gasteiger partial charge in [0.15, 0.2) is 0 Å². The smallest absolute Gasteiger partial charge is 0.308 e. The van der Waals surface area contributed by atoms with Crippen molar-refractivity contribution in [1.82, 2.24) is 9.97 Å². The molecule has 0 spiro atoms. The molecule has 1 unspecified atom stereocenters. The van der Waals surface area contributed by atoms with Gasteiger partial charge in [0.1, 0.15) is 11.6 Å². The Balaban J connectivity index is 1.75. The monoisotopic (exact) mass is 297 g/mol. The molecule has 1 fully saturated rings. The molecule has 0 amide bonds. The van der Waals surface area contributed by atoms with Crippen molar-refractivity contribution in [3.8, 4) is 0 Å². The lowest BCUT2D eigenvalue weighted by Crippen LogP contribution is -2.39. The molecule has 5 heteroatoms. The molecular weight excluding hydrogens is 278 g/mol. The molecule has 1 aromatic heterocycles. The van der Waals surface area contributed by atoms with Gasteiger partial charge in [-0.1, -0.05) is 30.3 Å². The van der Waals surface area contributed by atoms with Gasteiger partial charge in [-0.05, 0) is 24.5 Å². The fraction of sp³-hybridized carbons (Fsp3) is 0.353. The quantitative estimate of drug-likeness (QED) is 0.938. The number of carboxylic acids is 1. The van der Waals surface area contributed by atoms with E-state index in [9.17, 15) is 9.90 Å². The number of aliphatic carboxylic acids is 1. The van der Waals surface area contributed by atoms with Crippen molar-refractivity contribution in [3.05, 3.63) is 54.0 Å². The number of hydrogen-bond acceptors (Lipinski definition) is 4. The van der Waals surface area contributed by atoms with Crippen LogP contribution in [0.15, 0.2) is 42.6 Å². The second-order valence-electron chi connectivity index (χ2n) is 5.62. The Morgan fingerprint density at radius 2 is 2.09 bits per heavy atom. The molecular formula is C17H19N3O2. The minimum absolute atomic E-state index is 0.304. The number of rotatable bonds is 4. The Kier molecular flexibility index (Phi) is 4.32. The zero-order valence-electron chi connectivity index (χ0n) is 12.4. The summed E-state index contributed by atoms with van der Waals surface area (Å²) in [5.74, 6) is 0.567. The minimum atomic E-state index is -0.719. The molecule has 0 bridgehead atoms. The van der Waals surface area contributed by atoms with Gasteiger partial charge in [-0.15, -0.1) is 0 Å². The van der Waals surface area contributed by atoms with Crippen LogP contribution in [-0.4, -0.2) is 34.1 Å². The molecule has 1 aliphatic rings. The first kappa shape index (κ1) is 14.5. The molecule has 0 radical (unpaired) electrons. The number of anilines is 1. The molecule has 1 N–H and O–H groups in total. The summed E-state index contributed by atoms with van der Waals surface area (Å²) in [4.78, 5) is 22.2. The van der Waals surface area contributed by atoms with E-state index in [1.54, 1.807) is 6.20 Å². The molecule has 0 saturated carbocycles. The average Bonchev–Trinajstić information content (AvgIpc) is 2.56. The molecule has 0 aliphatic carbocycles. The van der Waals surface area contributed by atoms with Crippen LogP contribution in [0.25, 0.3) is 0 Å². The molecule has 5 nitrogen and oxygen atoms in total. The first-order valence-corrected chi connectivity index (χ1v) is 7.56. The topological polar surface area (TPSA) is 66.3 Å². The number of piperidine rings is 1. The van der Waals surface area contributed by atoms with Crippen LogP contribution in [0.1, 0.15) is 24.2 Å². The normalized spacial score (nSPS) is 18.2. The minimum Gasteiger partial charge on any atom is -0.481 e. The summed E-state index contributed by atoms with van der Waals surface area (Å²) in [7, 11) is 0. The molecule has 1 atom stereocenters. The van der Waals surface area contributed by atoms with Crippen molar-refractivity contribution < 1.29 is 9.90 Å². The molecule has 2 heterocycles. The Hall–Kier alpha value is -2.43. The molecule has 1 saturated heterocycles. The summed E-state index contributed by atoms with van der Waals surface area (Å²) >= 11 is 0. The van der Waals surface area contributed by atoms with Crippen LogP contribution in [0, 0.1) is 5.92 Å². The van der Waals surface area contributed by atoms with E-state index in [4.69, 9.17) is 0 Å². The van der Waals surface area contributed by atoms with Crippen LogP contribution in [0.5, 0.6) is 0 Å². The maximum Gasteiger partial charge on any atom is 0.308 e. The van der Waals surface area contributed by atoms with Crippen molar-refractivity contribution in [3.63, 3.8) is 0 Å². The number of hydrogen-bond donors (Lipinski definition) is 1. The molecule has 2 aromatic rings. The summed E-state index contributed by atoms with van der Waals surface area (Å²) in [6.07, 6.45) is 4.07. The van der Waals surface area contributed by atoms with Crippen LogP contribution in [0.4, 0.5) is 5.82 Å². The van der Waals surface area contributed by atoms with Gasteiger partial charge < -0.3 is 10.0 Å². The number of aromatic nitrogens is 2. The summed E-state index contributed by atoms with van der Waals surface area (Å²) in [5, 5.41) is 9.19. The predicted molar refractivity (Wildman–Crippen MR) is 83.9 cm³/mol. The number of carboxylic acid groups (broad SMARTS) is 1. The van der Waals surface area contributed by atoms with Crippen molar-refractivity contribution in [2.24, 2.45) is 5.92 Å². The van der Waals surface area contributed by atoms with Crippen LogP contribution in [0.2, 0.25) is 0 Å². The second-order valence-corrected chi connectivity index (χ2v) is 5.62. The first-order valence-electron chi connectivity index (χ1n) is 7.56. The third kappa shape index (κ3) is 3.42. The summed E-state index contributed by atoms with van der Waals surface area (Å²) in [5.41, 5.74) is 1.17. The predicted octanol–water partition coefficient (Wildman–Crippen LogP) is 2.37. The number of nitrogens with zero attached hydrogens (tertiary/aromatic N) is 3. The molecule has 1 aliphatic heterocycles. The number of carbonyl (C=O) groups is 1. The van der Waals surface area contributed by atoms with Gasteiger partial charge in [0.05, 0.1) is 5.92 Å². The van der Waals surface area contributed by atoms with Crippen molar-refractivity contribution in [2.45, 2.75) is 19.3 Å². The Bertz CT molecular complexity index is 645. The largest absolute Gasteiger partial charge is 0.481 e. The van der Waals surface area contributed by atoms with Crippen LogP contribution < -0.4 is 4.90 Å². The van der Waals surface area contributed by atoms with E-state index in [0.717, 1.165) is 31.0 Å². The van der Waals surface area contributed by atoms with E-state index in [0.29, 0.717) is 13.0 Å². The highest BCUT2D eigenvalue weighted by Gasteiger charge is 2.26. The fourth-order valence-corrected chi connectivity index (χ4v) is 2.81. The van der Waals surface area contributed by atoms with Gasteiger partial charge in [-0.3, -0.25) is 4.79 Å². The highest BCUT2D eigenvalue weighted by atomic mass is 16.4. The summed E-state index contributed by atoms with van der Waals surface area (Å²) in [6, 6.07) is 12.0. The lowest BCUT2D eigenvalue weighted by atomic mass is 9.98. The average molecular weight is 297 g/mol. The van der Waals surface area contributed by atoms with Gasteiger partial charge in [0.25, 0.3) is 0 Å². The van der Waals surface area contributed by atoms with Gasteiger partial charge >= 0.3 is 5.97 Å². The summed E-state index contributed by atoms with van der Waals surface area (Å²) < 4.78 is 0. The Labute approximate surface area is 129 Å². The van der Waals surface area contributed by atoms with E-state index < -0.39 is 5.97 Å². The molecule has 1 aromatic carbocycles. The Morgan fingerprint density at radius 1 is 1.27 bits per heavy atom. The SMILES string of the molecule is O=C(O)C1CCCN(c2ccnc(Cc3ccccc3)n2)C1. The highest BCUT2D eigenvalue weighted by molar-refractivity contribution is 5.71. The van der Waals surface area contributed by atoms with Gasteiger partial charge in [-0.25, -0.2) is 9.97 Å². The number of benzene rings is 1. The molecule has 114 valence electrons. The van der Waals surface area contributed by atoms with E-state index in [1.165, 1.54) is 5.56 Å². The van der Waals surface area contributed by atoms with Crippen LogP contribution in [-0.2, 0) is 11.2 Å². The highest BCUT2D eigenvalue weighted by Crippen LogP contribution is 2.22. The van der Waals surface area contributed by atoms with E-state index in [1.807, 2.05) is 24.3 Å². The Morgan fingerprint density at radius 3 is 2.86 bits per heavy atom. The third-order valence-electron chi connectivity index (χ3n) is 3.99. The van der Waals surface area contributed by atoms with Gasteiger partial charge in [-0.2, -0.15) is 0 Å². The molecule has 3 rings (SSSR count). The fourth-order valence-electron chi connectivity index (χ4n) is 2.81. The molecule has 22 heavy (non-hydrogen) atoms. The zero-order valence-corrected chi connectivity index (χ0v) is 12.4. The standard InChI is InChI=1S/C17H19N3O2/c21-17(22)14-7-4-10-20(12-14)16-8-9-18-15(19-16)11-13-5-2-1-3-6-13/h1-3,5-6,8-9,14H,4,7,10-12H2,(H,21,22). The maximum atomic E-state index is 11.2. The van der Waals surface area contributed by atoms with Crippen LogP contribution in [0.3, 0.4) is 0 Å². The van der Waals surface area contributed by atoms with Gasteiger partial charge in [0, 0.05) is 25.7 Å². The maximum absolute atomic E-state index is 11.2. The van der Waals surface area contributed by atoms with Crippen LogP contribution >= 0.6 is 0 Å². The van der Waals surface area contributed by atoms with Gasteiger partial charge in [0.2, 0.25) is 0 Å². The van der Waals surface area contributed by atoms with Crippen molar-refractivity contribution >= 4 is 11.8 Å². The van der Waals surface area contributed by atoms with E-state index >= 15 is 0 Å². The van der Waals surface area contributed by atoms with E-state index in [-0.39, 0.29) is 5.92 Å².